The molecule has 1 unspecified atom stereocenters. The molecule has 0 saturated heterocycles. The molecule has 4 N–H and O–H groups in total. The Bertz CT molecular complexity index is 978. The van der Waals surface area contributed by atoms with Gasteiger partial charge in [0.15, 0.2) is 11.4 Å². The summed E-state index contributed by atoms with van der Waals surface area (Å²) >= 11 is 0. The first kappa shape index (κ1) is 23.5. The number of carboxylic acids is 3. The second-order valence-corrected chi connectivity index (χ2v) is 7.03. The van der Waals surface area contributed by atoms with Crippen LogP contribution >= 0.6 is 0 Å². The number of hydrogen-bond acceptors (Lipinski definition) is 5. The molecule has 2 aromatic carbocycles. The van der Waals surface area contributed by atoms with Gasteiger partial charge in [0.25, 0.3) is 0 Å². The van der Waals surface area contributed by atoms with Gasteiger partial charge in [-0.1, -0.05) is 66.7 Å². The van der Waals surface area contributed by atoms with E-state index >= 15 is 0 Å². The first-order valence-electron chi connectivity index (χ1n) is 9.38. The van der Waals surface area contributed by atoms with E-state index in [1.807, 2.05) is 42.5 Å². The van der Waals surface area contributed by atoms with E-state index in [4.69, 9.17) is 20.4 Å². The standard InChI is InChI=1S/C17H14O.C6H8O7/c18-17(14-8-2-1-3-9-14)16-12-6-10-13-7-4-5-11-15(13)16;7-3(8)1-6(13,5(11)12)2-4(9)10/h1-11,16H,12H2;13H,1-2H2,(H,7,8)(H,9,10)(H,11,12). The van der Waals surface area contributed by atoms with Crippen LogP contribution in [0.4, 0.5) is 0 Å². The Labute approximate surface area is 178 Å². The Morgan fingerprint density at radius 3 is 1.94 bits per heavy atom. The van der Waals surface area contributed by atoms with E-state index in [-0.39, 0.29) is 11.7 Å². The Kier molecular flexibility index (Phi) is 7.81. The summed E-state index contributed by atoms with van der Waals surface area (Å²) in [5, 5.41) is 33.8. The fraction of sp³-hybridized carbons (Fsp3) is 0.217. The minimum atomic E-state index is -2.74. The zero-order valence-electron chi connectivity index (χ0n) is 16.5. The number of fused-ring (bicyclic) bond motifs is 1. The lowest BCUT2D eigenvalue weighted by molar-refractivity contribution is -0.170. The third-order valence-corrected chi connectivity index (χ3v) is 4.70. The van der Waals surface area contributed by atoms with E-state index < -0.39 is 36.4 Å². The normalized spacial score (nSPS) is 14.5. The highest BCUT2D eigenvalue weighted by Gasteiger charge is 2.40. The molecule has 8 heteroatoms. The van der Waals surface area contributed by atoms with Crippen molar-refractivity contribution in [2.45, 2.75) is 30.8 Å². The molecular formula is C23H22O8. The first-order valence-corrected chi connectivity index (χ1v) is 9.38. The van der Waals surface area contributed by atoms with E-state index in [1.165, 1.54) is 0 Å². The minimum absolute atomic E-state index is 0.0337. The van der Waals surface area contributed by atoms with Crippen LogP contribution in [0.5, 0.6) is 0 Å². The van der Waals surface area contributed by atoms with Gasteiger partial charge in [0.1, 0.15) is 0 Å². The molecule has 1 aliphatic rings. The number of ketones is 1. The molecule has 0 amide bonds. The SMILES string of the molecule is O=C(O)CC(O)(CC(=O)O)C(=O)O.O=C(c1ccccc1)C1CC=Cc2ccccc21. The third-order valence-electron chi connectivity index (χ3n) is 4.70. The van der Waals surface area contributed by atoms with Crippen LogP contribution in [0.1, 0.15) is 46.7 Å². The second-order valence-electron chi connectivity index (χ2n) is 7.03. The maximum Gasteiger partial charge on any atom is 0.336 e. The van der Waals surface area contributed by atoms with Gasteiger partial charge in [0.05, 0.1) is 18.8 Å². The van der Waals surface area contributed by atoms with Gasteiger partial charge in [-0.25, -0.2) is 4.79 Å². The highest BCUT2D eigenvalue weighted by molar-refractivity contribution is 6.02. The summed E-state index contributed by atoms with van der Waals surface area (Å²) in [5.41, 5.74) is 0.372. The minimum Gasteiger partial charge on any atom is -0.481 e. The van der Waals surface area contributed by atoms with Gasteiger partial charge in [0, 0.05) is 5.56 Å². The van der Waals surface area contributed by atoms with Crippen molar-refractivity contribution in [1.82, 2.24) is 0 Å². The molecular weight excluding hydrogens is 404 g/mol. The number of carboxylic acid groups (broad SMARTS) is 3. The summed E-state index contributed by atoms with van der Waals surface area (Å²) in [5.74, 6) is -4.84. The van der Waals surface area contributed by atoms with E-state index in [2.05, 4.69) is 24.3 Å². The molecule has 31 heavy (non-hydrogen) atoms. The van der Waals surface area contributed by atoms with Crippen LogP contribution in [0.2, 0.25) is 0 Å². The van der Waals surface area contributed by atoms with Crippen LogP contribution in [0, 0.1) is 0 Å². The third kappa shape index (κ3) is 6.35. The second kappa shape index (κ2) is 10.3. The van der Waals surface area contributed by atoms with Gasteiger partial charge in [-0.3, -0.25) is 14.4 Å². The number of aliphatic carboxylic acids is 3. The monoisotopic (exact) mass is 426 g/mol. The number of carbonyl (C=O) groups excluding carboxylic acids is 1. The molecule has 0 spiro atoms. The summed E-state index contributed by atoms with van der Waals surface area (Å²) in [6.45, 7) is 0. The number of allylic oxidation sites excluding steroid dienone is 1. The summed E-state index contributed by atoms with van der Waals surface area (Å²) < 4.78 is 0. The molecule has 2 aromatic rings. The predicted octanol–water partition coefficient (Wildman–Crippen LogP) is 2.82. The lowest BCUT2D eigenvalue weighted by Gasteiger charge is -2.20. The van der Waals surface area contributed by atoms with E-state index in [9.17, 15) is 19.2 Å². The Morgan fingerprint density at radius 2 is 1.39 bits per heavy atom. The average molecular weight is 426 g/mol. The number of hydrogen-bond donors (Lipinski definition) is 4. The smallest absolute Gasteiger partial charge is 0.336 e. The van der Waals surface area contributed by atoms with Crippen LogP contribution < -0.4 is 0 Å². The molecule has 0 bridgehead atoms. The van der Waals surface area contributed by atoms with Gasteiger partial charge < -0.3 is 20.4 Å². The van der Waals surface area contributed by atoms with Gasteiger partial charge >= 0.3 is 17.9 Å². The molecule has 0 radical (unpaired) electrons. The maximum absolute atomic E-state index is 12.5. The van der Waals surface area contributed by atoms with Crippen LogP contribution in [0.3, 0.4) is 0 Å². The van der Waals surface area contributed by atoms with Gasteiger partial charge in [-0.2, -0.15) is 0 Å². The molecule has 1 atom stereocenters. The van der Waals surface area contributed by atoms with Crippen LogP contribution in [-0.2, 0) is 14.4 Å². The van der Waals surface area contributed by atoms with E-state index in [0.717, 1.165) is 23.1 Å². The molecule has 1 aliphatic carbocycles. The fourth-order valence-corrected chi connectivity index (χ4v) is 3.20. The summed E-state index contributed by atoms with van der Waals surface area (Å²) in [4.78, 5) is 43.0. The van der Waals surface area contributed by atoms with Crippen molar-refractivity contribution in [3.05, 3.63) is 77.4 Å². The van der Waals surface area contributed by atoms with Gasteiger partial charge in [-0.05, 0) is 17.5 Å². The van der Waals surface area contributed by atoms with Crippen molar-refractivity contribution in [2.24, 2.45) is 0 Å². The molecule has 0 aromatic heterocycles. The molecule has 0 fully saturated rings. The van der Waals surface area contributed by atoms with Crippen molar-refractivity contribution >= 4 is 29.8 Å². The Balaban J connectivity index is 0.000000235. The quantitative estimate of drug-likeness (QED) is 0.494. The van der Waals surface area contributed by atoms with E-state index in [0.29, 0.717) is 0 Å². The zero-order valence-corrected chi connectivity index (χ0v) is 16.5. The largest absolute Gasteiger partial charge is 0.481 e. The lowest BCUT2D eigenvalue weighted by Crippen LogP contribution is -2.42. The summed E-state index contributed by atoms with van der Waals surface area (Å²) in [6, 6.07) is 17.7. The van der Waals surface area contributed by atoms with Crippen LogP contribution in [0.25, 0.3) is 6.08 Å². The van der Waals surface area contributed by atoms with Crippen molar-refractivity contribution in [1.29, 1.82) is 0 Å². The van der Waals surface area contributed by atoms with Crippen LogP contribution in [-0.4, -0.2) is 49.7 Å². The molecule has 0 heterocycles. The molecule has 162 valence electrons. The topological polar surface area (TPSA) is 149 Å². The molecule has 0 saturated carbocycles. The predicted molar refractivity (Wildman–Crippen MR) is 111 cm³/mol. The van der Waals surface area contributed by atoms with Crippen molar-refractivity contribution in [3.63, 3.8) is 0 Å². The Morgan fingerprint density at radius 1 is 0.839 bits per heavy atom. The summed E-state index contributed by atoms with van der Waals surface area (Å²) in [6.07, 6.45) is 2.70. The number of carbonyl (C=O) groups is 4. The number of Topliss-reactive ketones (excluding diaryl/α,β-unsaturated/α-hetero) is 1. The van der Waals surface area contributed by atoms with Crippen LogP contribution in [0.15, 0.2) is 60.7 Å². The highest BCUT2D eigenvalue weighted by atomic mass is 16.4. The van der Waals surface area contributed by atoms with Crippen molar-refractivity contribution in [2.75, 3.05) is 0 Å². The molecule has 0 aliphatic heterocycles. The van der Waals surface area contributed by atoms with Gasteiger partial charge in [0.2, 0.25) is 0 Å². The Hall–Kier alpha value is -3.78. The van der Waals surface area contributed by atoms with Gasteiger partial charge in [-0.15, -0.1) is 0 Å². The number of benzene rings is 2. The average Bonchev–Trinajstić information content (AvgIpc) is 2.72. The number of aliphatic hydroxyl groups is 1. The maximum atomic E-state index is 12.5. The van der Waals surface area contributed by atoms with Crippen molar-refractivity contribution in [3.8, 4) is 0 Å². The number of rotatable bonds is 7. The first-order chi connectivity index (χ1) is 14.6. The van der Waals surface area contributed by atoms with Crippen molar-refractivity contribution < 1.29 is 39.6 Å². The molecule has 8 nitrogen and oxygen atoms in total. The van der Waals surface area contributed by atoms with E-state index in [1.54, 1.807) is 0 Å². The fourth-order valence-electron chi connectivity index (χ4n) is 3.20. The zero-order chi connectivity index (χ0) is 23.0. The molecule has 3 rings (SSSR count). The highest BCUT2D eigenvalue weighted by Crippen LogP contribution is 2.32. The summed E-state index contributed by atoms with van der Waals surface area (Å²) in [7, 11) is 0. The lowest BCUT2D eigenvalue weighted by atomic mass is 9.82.